The number of nitrogens with two attached hydrogens (primary N) is 1. The summed E-state index contributed by atoms with van der Waals surface area (Å²) in [6.45, 7) is 5.79. The third kappa shape index (κ3) is 5.77. The molecule has 8 aromatic rings. The van der Waals surface area contributed by atoms with Crippen molar-refractivity contribution in [1.29, 1.82) is 5.41 Å². The summed E-state index contributed by atoms with van der Waals surface area (Å²) in [7, 11) is 0. The first-order chi connectivity index (χ1) is 22.1. The van der Waals surface area contributed by atoms with Crippen molar-refractivity contribution in [1.82, 2.24) is 9.13 Å². The van der Waals surface area contributed by atoms with Crippen molar-refractivity contribution in [3.8, 4) is 5.69 Å². The number of nitrogens with one attached hydrogen (secondary N) is 1. The molecule has 2 aromatic heterocycles. The van der Waals surface area contributed by atoms with Gasteiger partial charge < -0.3 is 14.9 Å². The van der Waals surface area contributed by atoms with E-state index < -0.39 is 0 Å². The smallest absolute Gasteiger partial charge is 0.151 e. The Bertz CT molecular complexity index is 2230. The molecular weight excluding hydrogens is 550 g/mol. The van der Waals surface area contributed by atoms with Crippen LogP contribution in [0.2, 0.25) is 0 Å². The molecule has 0 aliphatic rings. The maximum atomic E-state index is 7.25. The zero-order chi connectivity index (χ0) is 31.2. The fourth-order valence-corrected chi connectivity index (χ4v) is 5.84. The van der Waals surface area contributed by atoms with E-state index in [9.17, 15) is 0 Å². The molecule has 2 heterocycles. The highest BCUT2D eigenvalue weighted by Gasteiger charge is 2.19. The molecule has 0 spiro atoms. The quantitative estimate of drug-likeness (QED) is 0.157. The van der Waals surface area contributed by atoms with E-state index in [4.69, 9.17) is 11.1 Å². The summed E-state index contributed by atoms with van der Waals surface area (Å²) in [5.74, 6) is 0.223. The predicted molar refractivity (Wildman–Crippen MR) is 192 cm³/mol. The number of fused-ring (bicyclic) bond motifs is 7. The van der Waals surface area contributed by atoms with Crippen LogP contribution in [0, 0.1) is 12.3 Å². The molecule has 0 saturated heterocycles. The lowest BCUT2D eigenvalue weighted by Gasteiger charge is -2.10. The van der Waals surface area contributed by atoms with Crippen LogP contribution in [0.15, 0.2) is 157 Å². The van der Waals surface area contributed by atoms with E-state index in [0.717, 1.165) is 11.3 Å². The van der Waals surface area contributed by atoms with Gasteiger partial charge in [-0.15, -0.1) is 0 Å². The molecule has 5 nitrogen and oxygen atoms in total. The standard InChI is InChI=1S/C25H19N3.C8H8N2.C7H8/c26-16-27-22-12-6-4-10-18(22)20-14-15-21-19-11-5-7-13-23(19)28(25(21)24(20)27)17-8-2-1-3-9-17;1-10-8(9)7-5-3-2-4-6-7;1-7-5-3-2-4-6-7/h1-15H,16,26H2;2-6,9H,1H2;2-6H,1H3. The molecule has 0 aliphatic carbocycles. The lowest BCUT2D eigenvalue weighted by molar-refractivity contribution is 0.791. The normalized spacial score (nSPS) is 10.7. The highest BCUT2D eigenvalue weighted by Crippen LogP contribution is 2.39. The molecule has 0 atom stereocenters. The lowest BCUT2D eigenvalue weighted by atomic mass is 10.1. The average Bonchev–Trinajstić information content (AvgIpc) is 3.62. The second-order valence-corrected chi connectivity index (χ2v) is 10.7. The van der Waals surface area contributed by atoms with Gasteiger partial charge in [0.2, 0.25) is 0 Å². The van der Waals surface area contributed by atoms with Crippen LogP contribution in [0.5, 0.6) is 0 Å². The highest BCUT2D eigenvalue weighted by atomic mass is 15.1. The Morgan fingerprint density at radius 2 is 1.09 bits per heavy atom. The number of aliphatic imine (C=N–C) groups is 1. The average molecular weight is 586 g/mol. The van der Waals surface area contributed by atoms with Crippen LogP contribution in [-0.4, -0.2) is 21.7 Å². The number of hydrogen-bond donors (Lipinski definition) is 2. The third-order valence-electron chi connectivity index (χ3n) is 7.91. The topological polar surface area (TPSA) is 72.1 Å². The lowest BCUT2D eigenvalue weighted by Crippen LogP contribution is -2.07. The van der Waals surface area contributed by atoms with Crippen molar-refractivity contribution in [3.63, 3.8) is 0 Å². The molecule has 0 unspecified atom stereocenters. The van der Waals surface area contributed by atoms with E-state index in [2.05, 4.69) is 131 Å². The van der Waals surface area contributed by atoms with E-state index in [1.807, 2.05) is 48.5 Å². The Morgan fingerprint density at radius 1 is 0.600 bits per heavy atom. The third-order valence-corrected chi connectivity index (χ3v) is 7.91. The Hall–Kier alpha value is -5.78. The van der Waals surface area contributed by atoms with E-state index >= 15 is 0 Å². The summed E-state index contributed by atoms with van der Waals surface area (Å²) in [4.78, 5) is 3.49. The van der Waals surface area contributed by atoms with Crippen molar-refractivity contribution in [2.75, 3.05) is 0 Å². The Labute approximate surface area is 263 Å². The Kier molecular flexibility index (Phi) is 8.63. The minimum atomic E-state index is 0.223. The fourth-order valence-electron chi connectivity index (χ4n) is 5.84. The number of amidine groups is 1. The number of nitrogens with zero attached hydrogens (tertiary/aromatic N) is 3. The van der Waals surface area contributed by atoms with Gasteiger partial charge in [0.25, 0.3) is 0 Å². The van der Waals surface area contributed by atoms with Crippen LogP contribution in [0.4, 0.5) is 0 Å². The molecule has 0 bridgehead atoms. The summed E-state index contributed by atoms with van der Waals surface area (Å²) in [6.07, 6.45) is 0. The van der Waals surface area contributed by atoms with Gasteiger partial charge >= 0.3 is 0 Å². The maximum Gasteiger partial charge on any atom is 0.151 e. The van der Waals surface area contributed by atoms with Crippen molar-refractivity contribution in [2.45, 2.75) is 13.6 Å². The van der Waals surface area contributed by atoms with Gasteiger partial charge in [0, 0.05) is 32.8 Å². The number of hydrogen-bond acceptors (Lipinski definition) is 2. The minimum absolute atomic E-state index is 0.223. The van der Waals surface area contributed by atoms with Gasteiger partial charge in [0.1, 0.15) is 0 Å². The van der Waals surface area contributed by atoms with Gasteiger partial charge in [-0.2, -0.15) is 0 Å². The van der Waals surface area contributed by atoms with Crippen molar-refractivity contribution >= 4 is 56.2 Å². The first-order valence-corrected chi connectivity index (χ1v) is 14.9. The van der Waals surface area contributed by atoms with Gasteiger partial charge in [-0.3, -0.25) is 5.41 Å². The van der Waals surface area contributed by atoms with Crippen LogP contribution >= 0.6 is 0 Å². The second-order valence-electron chi connectivity index (χ2n) is 10.7. The molecule has 3 N–H and O–H groups in total. The maximum absolute atomic E-state index is 7.25. The van der Waals surface area contributed by atoms with Crippen molar-refractivity contribution < 1.29 is 0 Å². The van der Waals surface area contributed by atoms with Gasteiger partial charge in [0.15, 0.2) is 5.84 Å². The molecule has 8 rings (SSSR count). The zero-order valence-electron chi connectivity index (χ0n) is 25.3. The number of para-hydroxylation sites is 3. The van der Waals surface area contributed by atoms with Gasteiger partial charge in [-0.05, 0) is 37.9 Å². The van der Waals surface area contributed by atoms with E-state index in [1.54, 1.807) is 0 Å². The predicted octanol–water partition coefficient (Wildman–Crippen LogP) is 9.52. The number of aromatic nitrogens is 2. The summed E-state index contributed by atoms with van der Waals surface area (Å²) < 4.78 is 4.61. The van der Waals surface area contributed by atoms with Crippen LogP contribution in [0.3, 0.4) is 0 Å². The van der Waals surface area contributed by atoms with Crippen LogP contribution in [-0.2, 0) is 6.67 Å². The fraction of sp³-hybridized carbons (Fsp3) is 0.0500. The van der Waals surface area contributed by atoms with Crippen molar-refractivity contribution in [3.05, 3.63) is 163 Å². The molecule has 45 heavy (non-hydrogen) atoms. The van der Waals surface area contributed by atoms with Gasteiger partial charge in [-0.25, -0.2) is 4.99 Å². The monoisotopic (exact) mass is 585 g/mol. The molecule has 0 aliphatic heterocycles. The zero-order valence-corrected chi connectivity index (χ0v) is 25.3. The molecular formula is C40H35N5. The summed E-state index contributed by atoms with van der Waals surface area (Å²) >= 11 is 0. The molecule has 0 radical (unpaired) electrons. The van der Waals surface area contributed by atoms with Crippen LogP contribution in [0.25, 0.3) is 49.3 Å². The first kappa shape index (κ1) is 29.3. The van der Waals surface area contributed by atoms with Crippen LogP contribution < -0.4 is 5.73 Å². The first-order valence-electron chi connectivity index (χ1n) is 14.9. The molecule has 0 fully saturated rings. The Morgan fingerprint density at radius 3 is 1.64 bits per heavy atom. The van der Waals surface area contributed by atoms with E-state index in [-0.39, 0.29) is 5.84 Å². The largest absolute Gasteiger partial charge is 0.325 e. The molecule has 0 saturated carbocycles. The summed E-state index contributed by atoms with van der Waals surface area (Å²) in [5, 5.41) is 12.3. The van der Waals surface area contributed by atoms with Crippen LogP contribution in [0.1, 0.15) is 11.1 Å². The SMILES string of the molecule is C=NC(=N)c1ccccc1.Cc1ccccc1.NCn1c2ccccc2c2ccc3c4ccccc4n(-c4ccccc4)c3c21. The second kappa shape index (κ2) is 13.2. The van der Waals surface area contributed by atoms with Gasteiger partial charge in [0.05, 0.1) is 28.7 Å². The van der Waals surface area contributed by atoms with Crippen molar-refractivity contribution in [2.24, 2.45) is 10.7 Å². The summed E-state index contributed by atoms with van der Waals surface area (Å²) in [6, 6.07) is 51.8. The molecule has 5 heteroatoms. The van der Waals surface area contributed by atoms with E-state index in [1.165, 1.54) is 49.2 Å². The number of benzene rings is 6. The minimum Gasteiger partial charge on any atom is -0.325 e. The molecule has 6 aromatic carbocycles. The number of rotatable bonds is 3. The molecule has 0 amide bonds. The number of aryl methyl sites for hydroxylation is 1. The van der Waals surface area contributed by atoms with Gasteiger partial charge in [-0.1, -0.05) is 133 Å². The Balaban J connectivity index is 0.000000172. The highest BCUT2D eigenvalue weighted by molar-refractivity contribution is 6.23. The van der Waals surface area contributed by atoms with E-state index in [0.29, 0.717) is 6.67 Å². The summed E-state index contributed by atoms with van der Waals surface area (Å²) in [5.41, 5.74) is 14.3. The molecule has 220 valence electrons.